The van der Waals surface area contributed by atoms with Crippen molar-refractivity contribution in [3.63, 3.8) is 0 Å². The van der Waals surface area contributed by atoms with Gasteiger partial charge >= 0.3 is 11.9 Å². The molecule has 1 aliphatic heterocycles. The molecule has 10 heteroatoms. The van der Waals surface area contributed by atoms with E-state index in [2.05, 4.69) is 4.99 Å². The van der Waals surface area contributed by atoms with Crippen LogP contribution < -0.4 is 14.9 Å². The average Bonchev–Trinajstić information content (AvgIpc) is 3.59. The van der Waals surface area contributed by atoms with Gasteiger partial charge in [0, 0.05) is 27.0 Å². The van der Waals surface area contributed by atoms with Crippen LogP contribution in [-0.4, -0.2) is 34.3 Å². The molecule has 0 fully saturated rings. The number of carbonyl (C=O) groups is 2. The molecule has 4 aromatic rings. The lowest BCUT2D eigenvalue weighted by Gasteiger charge is -2.23. The molecule has 0 aliphatic carbocycles. The first-order chi connectivity index (χ1) is 18.3. The van der Waals surface area contributed by atoms with E-state index in [1.54, 1.807) is 25.3 Å². The molecule has 1 aromatic carbocycles. The molecule has 0 spiro atoms. The Hall–Kier alpha value is -3.76. The Labute approximate surface area is 226 Å². The Bertz CT molecular complexity index is 1760. The minimum absolute atomic E-state index is 0.0791. The summed E-state index contributed by atoms with van der Waals surface area (Å²) < 4.78 is 14.5. The number of thiazole rings is 1. The predicted molar refractivity (Wildman–Crippen MR) is 148 cm³/mol. The number of aromatic nitrogens is 2. The van der Waals surface area contributed by atoms with Crippen LogP contribution in [0.25, 0.3) is 17.0 Å². The fourth-order valence-electron chi connectivity index (χ4n) is 4.82. The van der Waals surface area contributed by atoms with Gasteiger partial charge in [0.25, 0.3) is 5.56 Å². The Morgan fingerprint density at radius 1 is 1.08 bits per heavy atom. The van der Waals surface area contributed by atoms with Gasteiger partial charge in [0.1, 0.15) is 12.6 Å². The summed E-state index contributed by atoms with van der Waals surface area (Å²) in [5.74, 6) is -0.792. The average molecular weight is 550 g/mol. The summed E-state index contributed by atoms with van der Waals surface area (Å²) in [5, 5.41) is 2.85. The fourth-order valence-corrected chi connectivity index (χ4v) is 6.67. The topological polar surface area (TPSA) is 91.9 Å². The lowest BCUT2D eigenvalue weighted by atomic mass is 10.0. The lowest BCUT2D eigenvalue weighted by Crippen LogP contribution is -2.39. The van der Waals surface area contributed by atoms with Crippen molar-refractivity contribution in [2.24, 2.45) is 4.99 Å². The van der Waals surface area contributed by atoms with Crippen molar-refractivity contribution in [1.82, 2.24) is 9.13 Å². The van der Waals surface area contributed by atoms with Gasteiger partial charge in [-0.05, 0) is 51.3 Å². The van der Waals surface area contributed by atoms with Crippen molar-refractivity contribution in [2.45, 2.75) is 40.3 Å². The molecule has 1 aliphatic rings. The van der Waals surface area contributed by atoms with Crippen LogP contribution in [0.3, 0.4) is 0 Å². The summed E-state index contributed by atoms with van der Waals surface area (Å²) in [5.41, 5.74) is 3.26. The van der Waals surface area contributed by atoms with Crippen LogP contribution in [-0.2, 0) is 25.6 Å². The van der Waals surface area contributed by atoms with Gasteiger partial charge in [-0.2, -0.15) is 0 Å². The summed E-state index contributed by atoms with van der Waals surface area (Å²) in [6, 6.07) is 11.0. The highest BCUT2D eigenvalue weighted by Gasteiger charge is 2.34. The number of carbonyl (C=O) groups excluding carboxylic acids is 2. The number of nitrogens with zero attached hydrogens (tertiary/aromatic N) is 3. The highest BCUT2D eigenvalue weighted by atomic mass is 32.1. The van der Waals surface area contributed by atoms with Crippen molar-refractivity contribution >= 4 is 51.6 Å². The summed E-state index contributed by atoms with van der Waals surface area (Å²) in [6.07, 6.45) is 1.86. The maximum absolute atomic E-state index is 13.9. The predicted octanol–water partition coefficient (Wildman–Crippen LogP) is 3.69. The normalized spacial score (nSPS) is 15.5. The fraction of sp³-hybridized carbons (Fsp3) is 0.286. The summed E-state index contributed by atoms with van der Waals surface area (Å²) in [7, 11) is 0. The monoisotopic (exact) mass is 549 g/mol. The SMILES string of the molecule is CCOC(=O)Cn1c(C)c(C=c2sc3n(c2=O)[C@H](c2cccs2)C(C(=O)OCC)=C(C)N=3)c2ccccc21. The van der Waals surface area contributed by atoms with Crippen LogP contribution in [0.5, 0.6) is 0 Å². The largest absolute Gasteiger partial charge is 0.465 e. The summed E-state index contributed by atoms with van der Waals surface area (Å²) >= 11 is 2.76. The molecule has 0 saturated heterocycles. The van der Waals surface area contributed by atoms with E-state index in [1.165, 1.54) is 22.7 Å². The second-order valence-corrected chi connectivity index (χ2v) is 10.7. The van der Waals surface area contributed by atoms with E-state index in [0.29, 0.717) is 27.2 Å². The maximum Gasteiger partial charge on any atom is 0.338 e. The van der Waals surface area contributed by atoms with Gasteiger partial charge in [0.2, 0.25) is 0 Å². The van der Waals surface area contributed by atoms with Crippen LogP contribution in [0.2, 0.25) is 0 Å². The third-order valence-electron chi connectivity index (χ3n) is 6.48. The Morgan fingerprint density at radius 3 is 2.55 bits per heavy atom. The van der Waals surface area contributed by atoms with Crippen molar-refractivity contribution in [2.75, 3.05) is 13.2 Å². The zero-order valence-electron chi connectivity index (χ0n) is 21.5. The molecule has 0 unspecified atom stereocenters. The number of rotatable bonds is 7. The second-order valence-electron chi connectivity index (χ2n) is 8.73. The third-order valence-corrected chi connectivity index (χ3v) is 8.39. The molecule has 38 heavy (non-hydrogen) atoms. The molecule has 0 amide bonds. The Balaban J connectivity index is 1.71. The smallest absolute Gasteiger partial charge is 0.338 e. The molecule has 3 aromatic heterocycles. The standard InChI is InChI=1S/C28H27N3O5S2/c1-5-35-23(32)15-30-17(4)19(18-10-7-8-11-20(18)30)14-22-26(33)31-25(21-12-9-13-37-21)24(27(34)36-6-2)16(3)29-28(31)38-22/h7-14,25H,5-6,15H2,1-4H3/t25-/m1/s1. The lowest BCUT2D eigenvalue weighted by molar-refractivity contribution is -0.143. The van der Waals surface area contributed by atoms with Gasteiger partial charge in [-0.1, -0.05) is 35.6 Å². The number of allylic oxidation sites excluding steroid dienone is 1. The van der Waals surface area contributed by atoms with Gasteiger partial charge in [0.05, 0.1) is 29.0 Å². The number of para-hydroxylation sites is 1. The molecule has 8 nitrogen and oxygen atoms in total. The zero-order chi connectivity index (χ0) is 27.0. The molecule has 0 saturated carbocycles. The first-order valence-electron chi connectivity index (χ1n) is 12.3. The van der Waals surface area contributed by atoms with Gasteiger partial charge in [-0.3, -0.25) is 14.2 Å². The van der Waals surface area contributed by atoms with Crippen LogP contribution in [0.4, 0.5) is 0 Å². The number of esters is 2. The number of fused-ring (bicyclic) bond motifs is 2. The van der Waals surface area contributed by atoms with Crippen molar-refractivity contribution in [3.05, 3.63) is 88.9 Å². The first-order valence-corrected chi connectivity index (χ1v) is 14.0. The van der Waals surface area contributed by atoms with Gasteiger partial charge in [-0.15, -0.1) is 11.3 Å². The van der Waals surface area contributed by atoms with Gasteiger partial charge < -0.3 is 14.0 Å². The second kappa shape index (κ2) is 10.5. The van der Waals surface area contributed by atoms with Crippen LogP contribution in [0.15, 0.2) is 62.8 Å². The van der Waals surface area contributed by atoms with Gasteiger partial charge in [-0.25, -0.2) is 9.79 Å². The third kappa shape index (κ3) is 4.43. The van der Waals surface area contributed by atoms with E-state index in [0.717, 1.165) is 27.0 Å². The molecular weight excluding hydrogens is 522 g/mol. The van der Waals surface area contributed by atoms with Crippen molar-refractivity contribution in [1.29, 1.82) is 0 Å². The van der Waals surface area contributed by atoms with E-state index in [1.807, 2.05) is 59.3 Å². The quantitative estimate of drug-likeness (QED) is 0.328. The molecule has 0 radical (unpaired) electrons. The van der Waals surface area contributed by atoms with E-state index >= 15 is 0 Å². The van der Waals surface area contributed by atoms with Crippen molar-refractivity contribution < 1.29 is 19.1 Å². The number of benzene rings is 1. The Kier molecular flexibility index (Phi) is 7.18. The highest BCUT2D eigenvalue weighted by Crippen LogP contribution is 2.33. The molecule has 0 N–H and O–H groups in total. The van der Waals surface area contributed by atoms with Crippen LogP contribution in [0.1, 0.15) is 42.9 Å². The zero-order valence-corrected chi connectivity index (χ0v) is 23.1. The van der Waals surface area contributed by atoms with Crippen LogP contribution >= 0.6 is 22.7 Å². The number of ether oxygens (including phenoxy) is 2. The summed E-state index contributed by atoms with van der Waals surface area (Å²) in [6.45, 7) is 7.86. The Morgan fingerprint density at radius 2 is 1.84 bits per heavy atom. The molecule has 0 bridgehead atoms. The van der Waals surface area contributed by atoms with Crippen molar-refractivity contribution in [3.8, 4) is 0 Å². The molecular formula is C28H27N3O5S2. The van der Waals surface area contributed by atoms with Crippen LogP contribution in [0, 0.1) is 6.92 Å². The molecule has 4 heterocycles. The molecule has 196 valence electrons. The first kappa shape index (κ1) is 25.9. The summed E-state index contributed by atoms with van der Waals surface area (Å²) in [4.78, 5) is 45.2. The number of hydrogen-bond donors (Lipinski definition) is 0. The van der Waals surface area contributed by atoms with E-state index in [-0.39, 0.29) is 24.7 Å². The molecule has 1 atom stereocenters. The molecule has 5 rings (SSSR count). The highest BCUT2D eigenvalue weighted by molar-refractivity contribution is 7.10. The van der Waals surface area contributed by atoms with E-state index in [4.69, 9.17) is 9.47 Å². The van der Waals surface area contributed by atoms with E-state index in [9.17, 15) is 14.4 Å². The van der Waals surface area contributed by atoms with E-state index < -0.39 is 12.0 Å². The number of hydrogen-bond acceptors (Lipinski definition) is 8. The maximum atomic E-state index is 13.9. The minimum Gasteiger partial charge on any atom is -0.465 e. The minimum atomic E-state index is -0.612. The van der Waals surface area contributed by atoms with Gasteiger partial charge in [0.15, 0.2) is 4.80 Å². The number of thiophene rings is 1.